The highest BCUT2D eigenvalue weighted by Gasteiger charge is 2.33. The van der Waals surface area contributed by atoms with Crippen molar-refractivity contribution in [3.8, 4) is 0 Å². The number of hydrogen-bond acceptors (Lipinski definition) is 5. The fourth-order valence-corrected chi connectivity index (χ4v) is 3.37. The minimum Gasteiger partial charge on any atom is -0.474 e. The molecule has 2 fully saturated rings. The van der Waals surface area contributed by atoms with Crippen LogP contribution in [0.2, 0.25) is 0 Å². The van der Waals surface area contributed by atoms with Gasteiger partial charge in [0.15, 0.2) is 6.20 Å². The molecule has 2 saturated heterocycles. The molecular formula is C19H21FN4O3S. The molecule has 0 saturated carbocycles. The lowest BCUT2D eigenvalue weighted by atomic mass is 10.0. The Morgan fingerprint density at radius 3 is 2.89 bits per heavy atom. The van der Waals surface area contributed by atoms with E-state index in [-0.39, 0.29) is 11.0 Å². The van der Waals surface area contributed by atoms with E-state index in [0.29, 0.717) is 37.6 Å². The lowest BCUT2D eigenvalue weighted by Crippen LogP contribution is -2.34. The molecule has 1 atom stereocenters. The molecule has 2 aliphatic rings. The van der Waals surface area contributed by atoms with Gasteiger partial charge in [0.1, 0.15) is 11.9 Å². The first-order chi connectivity index (χ1) is 13.5. The Labute approximate surface area is 168 Å². The van der Waals surface area contributed by atoms with E-state index in [4.69, 9.17) is 28.3 Å². The number of halogens is 1. The van der Waals surface area contributed by atoms with Gasteiger partial charge in [-0.05, 0) is 43.3 Å². The zero-order valence-electron chi connectivity index (χ0n) is 15.5. The predicted octanol–water partition coefficient (Wildman–Crippen LogP) is 3.08. The molecule has 1 amide bonds. The van der Waals surface area contributed by atoms with Crippen molar-refractivity contribution < 1.29 is 18.7 Å². The van der Waals surface area contributed by atoms with E-state index in [2.05, 4.69) is 10.2 Å². The highest BCUT2D eigenvalue weighted by molar-refractivity contribution is 7.80. The molecule has 0 spiro atoms. The number of nitrogens with zero attached hydrogens (tertiary/aromatic N) is 3. The van der Waals surface area contributed by atoms with E-state index in [9.17, 15) is 9.18 Å². The molecular weight excluding hydrogens is 383 g/mol. The van der Waals surface area contributed by atoms with E-state index < -0.39 is 12.2 Å². The summed E-state index contributed by atoms with van der Waals surface area (Å²) in [6.07, 6.45) is 2.13. The van der Waals surface area contributed by atoms with Crippen molar-refractivity contribution in [2.75, 3.05) is 43.1 Å². The van der Waals surface area contributed by atoms with Gasteiger partial charge in [-0.15, -0.1) is 0 Å². The number of benzene rings is 1. The molecule has 148 valence electrons. The molecule has 1 N–H and O–H groups in total. The van der Waals surface area contributed by atoms with E-state index >= 15 is 0 Å². The maximum Gasteiger partial charge on any atom is 0.414 e. The third kappa shape index (κ3) is 4.51. The van der Waals surface area contributed by atoms with Gasteiger partial charge in [0.25, 0.3) is 5.17 Å². The number of ether oxygens (including phenoxy) is 2. The van der Waals surface area contributed by atoms with Crippen molar-refractivity contribution in [2.24, 2.45) is 0 Å². The standard InChI is InChI=1S/C19H21FN4O3S/c1-21-10-13-5-7-23(8-6-13)17-4-3-14(9-16(17)20)24-12-15(27-19(24)25)11-22-18(28)26-2/h3-4,9-10,15H,5-8,11-12H2,2H3,(H,22,28)/t15-/m0/s1. The second-order valence-electron chi connectivity index (χ2n) is 6.53. The average molecular weight is 404 g/mol. The smallest absolute Gasteiger partial charge is 0.414 e. The van der Waals surface area contributed by atoms with Gasteiger partial charge in [-0.2, -0.15) is 0 Å². The lowest BCUT2D eigenvalue weighted by molar-refractivity contribution is 0.142. The van der Waals surface area contributed by atoms with E-state index in [1.165, 1.54) is 18.1 Å². The van der Waals surface area contributed by atoms with Crippen LogP contribution in [0.25, 0.3) is 4.85 Å². The maximum atomic E-state index is 14.7. The van der Waals surface area contributed by atoms with Crippen LogP contribution in [0.4, 0.5) is 20.6 Å². The number of methoxy groups -OCH3 is 1. The zero-order valence-corrected chi connectivity index (χ0v) is 16.3. The van der Waals surface area contributed by atoms with Crippen molar-refractivity contribution in [3.63, 3.8) is 0 Å². The molecule has 2 aliphatic heterocycles. The van der Waals surface area contributed by atoms with Gasteiger partial charge >= 0.3 is 6.09 Å². The fourth-order valence-electron chi connectivity index (χ4n) is 3.28. The minimum atomic E-state index is -0.519. The predicted molar refractivity (Wildman–Crippen MR) is 108 cm³/mol. The first-order valence-electron chi connectivity index (χ1n) is 8.90. The number of piperidine rings is 1. The van der Waals surface area contributed by atoms with Crippen LogP contribution in [-0.2, 0) is 9.47 Å². The molecule has 9 heteroatoms. The Kier molecular flexibility index (Phi) is 6.31. The summed E-state index contributed by atoms with van der Waals surface area (Å²) in [5, 5.41) is 3.07. The molecule has 2 heterocycles. The molecule has 3 rings (SSSR count). The fraction of sp³-hybridized carbons (Fsp3) is 0.421. The summed E-state index contributed by atoms with van der Waals surface area (Å²) in [5.74, 6) is -0.384. The molecule has 1 aromatic carbocycles. The van der Waals surface area contributed by atoms with Gasteiger partial charge in [0.05, 0.1) is 38.1 Å². The first kappa shape index (κ1) is 19.9. The Bertz CT molecular complexity index is 829. The molecule has 0 aliphatic carbocycles. The van der Waals surface area contributed by atoms with Crippen LogP contribution >= 0.6 is 12.2 Å². The van der Waals surface area contributed by atoms with E-state index in [1.807, 2.05) is 4.90 Å². The minimum absolute atomic E-state index is 0.223. The van der Waals surface area contributed by atoms with Crippen LogP contribution in [0.5, 0.6) is 0 Å². The first-order valence-corrected chi connectivity index (χ1v) is 9.31. The number of anilines is 2. The third-order valence-corrected chi connectivity index (χ3v) is 5.08. The molecule has 28 heavy (non-hydrogen) atoms. The molecule has 7 nitrogen and oxygen atoms in total. The Hall–Kier alpha value is -2.86. The Balaban J connectivity index is 1.64. The highest BCUT2D eigenvalue weighted by atomic mass is 32.1. The van der Waals surface area contributed by atoms with Crippen LogP contribution in [0.1, 0.15) is 12.8 Å². The molecule has 0 unspecified atom stereocenters. The van der Waals surface area contributed by atoms with Crippen LogP contribution in [-0.4, -0.2) is 50.7 Å². The SMILES string of the molecule is [C-]#[N+]C=C1CCN(c2ccc(N3C[C@H](CNC(=S)OC)OC3=O)cc2F)CC1. The zero-order chi connectivity index (χ0) is 20.1. The summed E-state index contributed by atoms with van der Waals surface area (Å²) in [7, 11) is 1.46. The molecule has 0 bridgehead atoms. The van der Waals surface area contributed by atoms with Crippen LogP contribution in [0.3, 0.4) is 0 Å². The van der Waals surface area contributed by atoms with Gasteiger partial charge < -0.3 is 19.7 Å². The number of carbonyl (C=O) groups excluding carboxylic acids is 1. The normalized spacial score (nSPS) is 19.1. The van der Waals surface area contributed by atoms with Crippen molar-refractivity contribution >= 4 is 34.9 Å². The summed E-state index contributed by atoms with van der Waals surface area (Å²) in [6, 6.07) is 4.77. The van der Waals surface area contributed by atoms with Crippen LogP contribution in [0.15, 0.2) is 30.0 Å². The topological polar surface area (TPSA) is 58.4 Å². The van der Waals surface area contributed by atoms with Gasteiger partial charge in [0.2, 0.25) is 0 Å². The van der Waals surface area contributed by atoms with Crippen LogP contribution in [0, 0.1) is 12.4 Å². The third-order valence-electron chi connectivity index (χ3n) is 4.77. The molecule has 1 aromatic rings. The van der Waals surface area contributed by atoms with Crippen molar-refractivity contribution in [2.45, 2.75) is 18.9 Å². The van der Waals surface area contributed by atoms with Crippen LogP contribution < -0.4 is 15.1 Å². The summed E-state index contributed by atoms with van der Waals surface area (Å²) in [4.78, 5) is 18.8. The van der Waals surface area contributed by atoms with Gasteiger partial charge in [-0.25, -0.2) is 14.0 Å². The van der Waals surface area contributed by atoms with Gasteiger partial charge in [0, 0.05) is 13.1 Å². The second-order valence-corrected chi connectivity index (χ2v) is 6.90. The monoisotopic (exact) mass is 404 g/mol. The largest absolute Gasteiger partial charge is 0.474 e. The van der Waals surface area contributed by atoms with Crippen molar-refractivity contribution in [1.82, 2.24) is 5.32 Å². The summed E-state index contributed by atoms with van der Waals surface area (Å²) >= 11 is 4.90. The number of carbonyl (C=O) groups is 1. The lowest BCUT2D eigenvalue weighted by Gasteiger charge is -2.31. The van der Waals surface area contributed by atoms with E-state index in [1.54, 1.807) is 18.3 Å². The summed E-state index contributed by atoms with van der Waals surface area (Å²) < 4.78 is 24.9. The van der Waals surface area contributed by atoms with Crippen molar-refractivity contribution in [3.05, 3.63) is 47.2 Å². The second kappa shape index (κ2) is 8.89. The number of cyclic esters (lactones) is 1. The summed E-state index contributed by atoms with van der Waals surface area (Å²) in [5.41, 5.74) is 2.05. The average Bonchev–Trinajstić information content (AvgIpc) is 3.07. The number of thiocarbonyl (C=S) groups is 1. The summed E-state index contributed by atoms with van der Waals surface area (Å²) in [6.45, 7) is 8.84. The number of rotatable bonds is 4. The number of amides is 1. The van der Waals surface area contributed by atoms with Gasteiger partial charge in [-0.3, -0.25) is 4.90 Å². The quantitative estimate of drug-likeness (QED) is 0.615. The highest BCUT2D eigenvalue weighted by Crippen LogP contribution is 2.30. The van der Waals surface area contributed by atoms with Crippen molar-refractivity contribution in [1.29, 1.82) is 0 Å². The number of nitrogens with one attached hydrogen (secondary N) is 1. The Morgan fingerprint density at radius 2 is 2.25 bits per heavy atom. The van der Waals surface area contributed by atoms with Gasteiger partial charge in [-0.1, -0.05) is 5.57 Å². The van der Waals surface area contributed by atoms with E-state index in [0.717, 1.165) is 18.4 Å². The Morgan fingerprint density at radius 1 is 1.50 bits per heavy atom. The molecule has 0 radical (unpaired) electrons. The number of hydrogen-bond donors (Lipinski definition) is 1. The molecule has 0 aromatic heterocycles. The maximum absolute atomic E-state index is 14.7.